The number of carbonyl (C=O) groups is 1. The van der Waals surface area contributed by atoms with Crippen LogP contribution >= 0.6 is 0 Å². The Morgan fingerprint density at radius 2 is 1.63 bits per heavy atom. The summed E-state index contributed by atoms with van der Waals surface area (Å²) in [6.45, 7) is 1.59. The Labute approximate surface area is 177 Å². The van der Waals surface area contributed by atoms with E-state index in [1.54, 1.807) is 6.92 Å². The van der Waals surface area contributed by atoms with Crippen LogP contribution in [0.2, 0.25) is 0 Å². The summed E-state index contributed by atoms with van der Waals surface area (Å²) >= 11 is 0. The average Bonchev–Trinajstić information content (AvgIpc) is 2.92. The summed E-state index contributed by atoms with van der Waals surface area (Å²) in [5, 5.41) is 30.8. The Kier molecular flexibility index (Phi) is 9.90. The maximum atomic E-state index is 13.2. The third-order valence-electron chi connectivity index (χ3n) is 5.86. The molecule has 0 bridgehead atoms. The molecule has 0 amide bonds. The monoisotopic (exact) mass is 422 g/mol. The Hall–Kier alpha value is -1.81. The lowest BCUT2D eigenvalue weighted by atomic mass is 9.85. The van der Waals surface area contributed by atoms with Crippen LogP contribution in [-0.4, -0.2) is 39.4 Å². The molecule has 0 radical (unpaired) electrons. The van der Waals surface area contributed by atoms with Gasteiger partial charge in [-0.05, 0) is 63.0 Å². The number of hydrogen-bond acceptors (Lipinski definition) is 4. The van der Waals surface area contributed by atoms with Gasteiger partial charge in [0.15, 0.2) is 0 Å². The van der Waals surface area contributed by atoms with Crippen LogP contribution in [0.3, 0.4) is 0 Å². The fourth-order valence-electron chi connectivity index (χ4n) is 4.30. The van der Waals surface area contributed by atoms with Crippen molar-refractivity contribution in [2.45, 2.75) is 83.0 Å². The zero-order chi connectivity index (χ0) is 22.1. The van der Waals surface area contributed by atoms with Crippen LogP contribution < -0.4 is 0 Å². The first-order valence-corrected chi connectivity index (χ1v) is 10.8. The summed E-state index contributed by atoms with van der Waals surface area (Å²) in [5.74, 6) is 3.80. The smallest absolute Gasteiger partial charge is 0.129 e. The fourth-order valence-corrected chi connectivity index (χ4v) is 4.30. The molecule has 0 heterocycles. The van der Waals surface area contributed by atoms with Gasteiger partial charge in [0.1, 0.15) is 23.5 Å². The number of unbranched alkanes of at least 4 members (excludes halogenated alkanes) is 3. The molecule has 0 saturated heterocycles. The minimum Gasteiger partial charge on any atom is -0.393 e. The van der Waals surface area contributed by atoms with Gasteiger partial charge in [-0.1, -0.05) is 31.1 Å². The van der Waals surface area contributed by atoms with E-state index in [4.69, 9.17) is 0 Å². The standard InChI is InChI=1S/C24H32F2O4/c1-16(27)6-4-2-3-5-7-21-22(24(30)15-23(21)29)11-10-20(28)9-8-17-12-18(25)14-19(26)13-17/h12-14,20-24,28-30H,2-7,10-11,15H2,1H3/t20?,21-,22-,23+,24-/m1/s1. The largest absolute Gasteiger partial charge is 0.393 e. The third-order valence-corrected chi connectivity index (χ3v) is 5.86. The first-order valence-electron chi connectivity index (χ1n) is 10.8. The van der Waals surface area contributed by atoms with Crippen molar-refractivity contribution in [3.05, 3.63) is 35.4 Å². The highest BCUT2D eigenvalue weighted by atomic mass is 19.1. The highest BCUT2D eigenvalue weighted by molar-refractivity contribution is 5.75. The van der Waals surface area contributed by atoms with Gasteiger partial charge in [-0.15, -0.1) is 0 Å². The van der Waals surface area contributed by atoms with Gasteiger partial charge in [-0.25, -0.2) is 8.78 Å². The van der Waals surface area contributed by atoms with Gasteiger partial charge in [0.2, 0.25) is 0 Å². The average molecular weight is 423 g/mol. The lowest BCUT2D eigenvalue weighted by Crippen LogP contribution is -2.23. The molecule has 0 aromatic heterocycles. The minimum absolute atomic E-state index is 0.0229. The summed E-state index contributed by atoms with van der Waals surface area (Å²) in [4.78, 5) is 11.0. The molecule has 4 nitrogen and oxygen atoms in total. The van der Waals surface area contributed by atoms with E-state index in [9.17, 15) is 28.9 Å². The van der Waals surface area contributed by atoms with E-state index in [1.165, 1.54) is 0 Å². The van der Waals surface area contributed by atoms with Crippen LogP contribution in [0, 0.1) is 35.3 Å². The molecule has 0 aliphatic heterocycles. The number of rotatable bonds is 10. The first kappa shape index (κ1) is 24.5. The van der Waals surface area contributed by atoms with E-state index < -0.39 is 29.9 Å². The molecule has 3 N–H and O–H groups in total. The van der Waals surface area contributed by atoms with Gasteiger partial charge in [0.05, 0.1) is 12.2 Å². The molecular formula is C24H32F2O4. The molecule has 1 aromatic rings. The second-order valence-corrected chi connectivity index (χ2v) is 8.37. The number of carbonyl (C=O) groups excluding carboxylic acids is 1. The van der Waals surface area contributed by atoms with Crippen LogP contribution in [0.5, 0.6) is 0 Å². The Balaban J connectivity index is 1.81. The molecule has 2 rings (SSSR count). The lowest BCUT2D eigenvalue weighted by Gasteiger charge is -2.24. The van der Waals surface area contributed by atoms with E-state index in [2.05, 4.69) is 11.8 Å². The summed E-state index contributed by atoms with van der Waals surface area (Å²) in [7, 11) is 0. The lowest BCUT2D eigenvalue weighted by molar-refractivity contribution is -0.117. The number of Topliss-reactive ketones (excluding diaryl/α,β-unsaturated/α-hetero) is 1. The summed E-state index contributed by atoms with van der Waals surface area (Å²) in [6.07, 6.45) is 4.20. The van der Waals surface area contributed by atoms with Gasteiger partial charge >= 0.3 is 0 Å². The number of halogens is 2. The topological polar surface area (TPSA) is 77.8 Å². The Morgan fingerprint density at radius 1 is 1.03 bits per heavy atom. The number of ketones is 1. The van der Waals surface area contributed by atoms with Crippen LogP contribution in [0.25, 0.3) is 0 Å². The fraction of sp³-hybridized carbons (Fsp3) is 0.625. The Bertz CT molecular complexity index is 735. The molecule has 0 spiro atoms. The van der Waals surface area contributed by atoms with Gasteiger partial charge in [-0.3, -0.25) is 0 Å². The molecule has 5 atom stereocenters. The van der Waals surface area contributed by atoms with E-state index >= 15 is 0 Å². The molecular weight excluding hydrogens is 390 g/mol. The molecule has 30 heavy (non-hydrogen) atoms. The van der Waals surface area contributed by atoms with E-state index in [0.717, 1.165) is 50.3 Å². The van der Waals surface area contributed by atoms with Gasteiger partial charge < -0.3 is 20.1 Å². The second kappa shape index (κ2) is 12.1. The van der Waals surface area contributed by atoms with Gasteiger partial charge in [0.25, 0.3) is 0 Å². The van der Waals surface area contributed by atoms with Crippen molar-refractivity contribution in [1.29, 1.82) is 0 Å². The number of aliphatic hydroxyl groups excluding tert-OH is 3. The van der Waals surface area contributed by atoms with Crippen molar-refractivity contribution < 1.29 is 28.9 Å². The zero-order valence-corrected chi connectivity index (χ0v) is 17.5. The highest BCUT2D eigenvalue weighted by Crippen LogP contribution is 2.39. The minimum atomic E-state index is -0.978. The van der Waals surface area contributed by atoms with Crippen molar-refractivity contribution in [3.8, 4) is 11.8 Å². The van der Waals surface area contributed by atoms with Crippen molar-refractivity contribution >= 4 is 5.78 Å². The Morgan fingerprint density at radius 3 is 2.27 bits per heavy atom. The van der Waals surface area contributed by atoms with Crippen molar-refractivity contribution in [2.24, 2.45) is 11.8 Å². The molecule has 1 aliphatic carbocycles. The van der Waals surface area contributed by atoms with Gasteiger partial charge in [-0.2, -0.15) is 0 Å². The third kappa shape index (κ3) is 8.14. The second-order valence-electron chi connectivity index (χ2n) is 8.37. The van der Waals surface area contributed by atoms with E-state index in [0.29, 0.717) is 25.7 Å². The van der Waals surface area contributed by atoms with Crippen molar-refractivity contribution in [1.82, 2.24) is 0 Å². The molecule has 1 saturated carbocycles. The maximum absolute atomic E-state index is 13.2. The SMILES string of the molecule is CC(=O)CCCCCC[C@@H]1[C@@H](CCC(O)C#Cc2cc(F)cc(F)c2)[C@H](O)C[C@@H]1O. The molecule has 1 fully saturated rings. The molecule has 1 aliphatic rings. The van der Waals surface area contributed by atoms with Crippen molar-refractivity contribution in [3.63, 3.8) is 0 Å². The summed E-state index contributed by atoms with van der Waals surface area (Å²) in [6, 6.07) is 2.97. The normalized spacial score (nSPS) is 24.3. The number of aliphatic hydroxyl groups is 3. The molecule has 6 heteroatoms. The predicted molar refractivity (Wildman–Crippen MR) is 110 cm³/mol. The first-order chi connectivity index (χ1) is 14.3. The highest BCUT2D eigenvalue weighted by Gasteiger charge is 2.40. The van der Waals surface area contributed by atoms with Crippen LogP contribution in [-0.2, 0) is 4.79 Å². The van der Waals surface area contributed by atoms with E-state index in [1.807, 2.05) is 0 Å². The summed E-state index contributed by atoms with van der Waals surface area (Å²) in [5.41, 5.74) is 0.158. The molecule has 166 valence electrons. The predicted octanol–water partition coefficient (Wildman–Crippen LogP) is 3.74. The van der Waals surface area contributed by atoms with Crippen LogP contribution in [0.1, 0.15) is 70.3 Å². The summed E-state index contributed by atoms with van der Waals surface area (Å²) < 4.78 is 26.4. The number of hydrogen-bond donors (Lipinski definition) is 3. The molecule has 1 aromatic carbocycles. The van der Waals surface area contributed by atoms with Crippen LogP contribution in [0.15, 0.2) is 18.2 Å². The zero-order valence-electron chi connectivity index (χ0n) is 17.5. The van der Waals surface area contributed by atoms with Gasteiger partial charge in [0, 0.05) is 18.1 Å². The molecule has 1 unspecified atom stereocenters. The number of benzene rings is 1. The van der Waals surface area contributed by atoms with Crippen molar-refractivity contribution in [2.75, 3.05) is 0 Å². The quantitative estimate of drug-likeness (QED) is 0.397. The van der Waals surface area contributed by atoms with E-state index in [-0.39, 0.29) is 23.2 Å². The van der Waals surface area contributed by atoms with Crippen LogP contribution in [0.4, 0.5) is 8.78 Å². The maximum Gasteiger partial charge on any atom is 0.129 e.